The highest BCUT2D eigenvalue weighted by Gasteiger charge is 2.11. The number of nitrogen functional groups attached to an aromatic ring is 1. The standard InChI is InChI=1S/C11H10FNOS2/c12-11-8(3-1-4-9(11)13)7-16(14)10-5-2-6-15-10/h1-6H,7,13H2. The second-order valence-electron chi connectivity index (χ2n) is 3.24. The van der Waals surface area contributed by atoms with E-state index in [0.717, 1.165) is 4.21 Å². The molecule has 1 unspecified atom stereocenters. The highest BCUT2D eigenvalue weighted by Crippen LogP contribution is 2.21. The van der Waals surface area contributed by atoms with E-state index in [-0.39, 0.29) is 11.4 Å². The minimum Gasteiger partial charge on any atom is -0.396 e. The van der Waals surface area contributed by atoms with Gasteiger partial charge in [0.25, 0.3) is 0 Å². The van der Waals surface area contributed by atoms with E-state index in [2.05, 4.69) is 0 Å². The van der Waals surface area contributed by atoms with Gasteiger partial charge in [0.15, 0.2) is 0 Å². The van der Waals surface area contributed by atoms with Gasteiger partial charge in [0.05, 0.1) is 26.4 Å². The Kier molecular flexibility index (Phi) is 3.36. The molecule has 0 bridgehead atoms. The number of halogens is 1. The maximum absolute atomic E-state index is 13.5. The van der Waals surface area contributed by atoms with Crippen LogP contribution in [0.2, 0.25) is 0 Å². The molecule has 2 nitrogen and oxygen atoms in total. The SMILES string of the molecule is Nc1cccc(CS(=O)c2cccs2)c1F. The topological polar surface area (TPSA) is 43.1 Å². The van der Waals surface area contributed by atoms with Crippen LogP contribution >= 0.6 is 11.3 Å². The first kappa shape index (κ1) is 11.3. The largest absolute Gasteiger partial charge is 0.396 e. The third kappa shape index (κ3) is 2.31. The molecule has 2 N–H and O–H groups in total. The molecule has 1 aromatic carbocycles. The summed E-state index contributed by atoms with van der Waals surface area (Å²) in [6.45, 7) is 0. The van der Waals surface area contributed by atoms with E-state index in [1.165, 1.54) is 17.4 Å². The average molecular weight is 255 g/mol. The first-order valence-electron chi connectivity index (χ1n) is 4.63. The van der Waals surface area contributed by atoms with Gasteiger partial charge in [-0.1, -0.05) is 18.2 Å². The van der Waals surface area contributed by atoms with Gasteiger partial charge >= 0.3 is 0 Å². The van der Waals surface area contributed by atoms with Crippen molar-refractivity contribution >= 4 is 27.8 Å². The number of anilines is 1. The summed E-state index contributed by atoms with van der Waals surface area (Å²) in [4.78, 5) is 0. The zero-order chi connectivity index (χ0) is 11.5. The molecule has 16 heavy (non-hydrogen) atoms. The molecular formula is C11H10FNOS2. The van der Waals surface area contributed by atoms with Gasteiger partial charge in [-0.25, -0.2) is 4.39 Å². The predicted molar refractivity (Wildman–Crippen MR) is 65.2 cm³/mol. The lowest BCUT2D eigenvalue weighted by molar-refractivity contribution is 0.620. The fourth-order valence-electron chi connectivity index (χ4n) is 1.32. The minimum absolute atomic E-state index is 0.0979. The molecule has 0 spiro atoms. The molecule has 2 rings (SSSR count). The van der Waals surface area contributed by atoms with Crippen molar-refractivity contribution in [1.29, 1.82) is 0 Å². The number of nitrogens with two attached hydrogens (primary N) is 1. The van der Waals surface area contributed by atoms with Crippen LogP contribution < -0.4 is 5.73 Å². The molecule has 1 atom stereocenters. The van der Waals surface area contributed by atoms with Crippen molar-refractivity contribution in [3.63, 3.8) is 0 Å². The van der Waals surface area contributed by atoms with Crippen molar-refractivity contribution in [3.8, 4) is 0 Å². The third-order valence-electron chi connectivity index (χ3n) is 2.11. The Bertz CT molecular complexity index is 511. The van der Waals surface area contributed by atoms with Gasteiger partial charge in [-0.2, -0.15) is 0 Å². The van der Waals surface area contributed by atoms with Crippen LogP contribution in [-0.4, -0.2) is 4.21 Å². The summed E-state index contributed by atoms with van der Waals surface area (Å²) in [5.74, 6) is -0.301. The van der Waals surface area contributed by atoms with Crippen LogP contribution in [0.15, 0.2) is 39.9 Å². The van der Waals surface area contributed by atoms with E-state index in [0.29, 0.717) is 5.56 Å². The average Bonchev–Trinajstić information content (AvgIpc) is 2.78. The Balaban J connectivity index is 2.22. The summed E-state index contributed by atoms with van der Waals surface area (Å²) in [6.07, 6.45) is 0. The van der Waals surface area contributed by atoms with Crippen LogP contribution in [0.25, 0.3) is 0 Å². The van der Waals surface area contributed by atoms with Crippen LogP contribution in [-0.2, 0) is 16.6 Å². The van der Waals surface area contributed by atoms with E-state index in [9.17, 15) is 8.60 Å². The molecule has 0 amide bonds. The number of hydrogen-bond donors (Lipinski definition) is 1. The molecule has 0 aliphatic carbocycles. The van der Waals surface area contributed by atoms with E-state index >= 15 is 0 Å². The van der Waals surface area contributed by atoms with Gasteiger partial charge in [0.1, 0.15) is 5.82 Å². The molecule has 0 radical (unpaired) electrons. The summed E-state index contributed by atoms with van der Waals surface area (Å²) >= 11 is 1.41. The Morgan fingerprint density at radius 2 is 2.12 bits per heavy atom. The number of rotatable bonds is 3. The van der Waals surface area contributed by atoms with Gasteiger partial charge < -0.3 is 5.73 Å². The fourth-order valence-corrected chi connectivity index (χ4v) is 3.42. The summed E-state index contributed by atoms with van der Waals surface area (Å²) < 4.78 is 26.2. The molecule has 0 aliphatic rings. The summed E-state index contributed by atoms with van der Waals surface area (Å²) in [7, 11) is -1.20. The Morgan fingerprint density at radius 3 is 2.81 bits per heavy atom. The molecule has 5 heteroatoms. The molecule has 0 aliphatic heterocycles. The van der Waals surface area contributed by atoms with Gasteiger partial charge in [0.2, 0.25) is 0 Å². The normalized spacial score (nSPS) is 12.6. The first-order valence-corrected chi connectivity index (χ1v) is 6.83. The molecule has 84 valence electrons. The van der Waals surface area contributed by atoms with E-state index in [4.69, 9.17) is 5.73 Å². The Morgan fingerprint density at radius 1 is 1.31 bits per heavy atom. The Hall–Kier alpha value is -1.20. The van der Waals surface area contributed by atoms with Crippen molar-refractivity contribution in [2.24, 2.45) is 0 Å². The zero-order valence-corrected chi connectivity index (χ0v) is 9.98. The molecule has 2 aromatic rings. The molecule has 0 saturated carbocycles. The van der Waals surface area contributed by atoms with Gasteiger partial charge in [-0.15, -0.1) is 11.3 Å². The summed E-state index contributed by atoms with van der Waals surface area (Å²) in [5.41, 5.74) is 5.94. The van der Waals surface area contributed by atoms with Crippen LogP contribution in [0.3, 0.4) is 0 Å². The fraction of sp³-hybridized carbons (Fsp3) is 0.0909. The summed E-state index contributed by atoms with van der Waals surface area (Å²) in [5, 5.41) is 1.85. The zero-order valence-electron chi connectivity index (χ0n) is 8.35. The highest BCUT2D eigenvalue weighted by molar-refractivity contribution is 7.86. The van der Waals surface area contributed by atoms with Crippen molar-refractivity contribution in [3.05, 3.63) is 47.1 Å². The van der Waals surface area contributed by atoms with Crippen LogP contribution in [0, 0.1) is 5.82 Å². The lowest BCUT2D eigenvalue weighted by atomic mass is 10.2. The first-order chi connectivity index (χ1) is 7.68. The maximum atomic E-state index is 13.5. The quantitative estimate of drug-likeness (QED) is 0.857. The van der Waals surface area contributed by atoms with Crippen molar-refractivity contribution < 1.29 is 8.60 Å². The van der Waals surface area contributed by atoms with E-state index < -0.39 is 16.6 Å². The molecular weight excluding hydrogens is 245 g/mol. The van der Waals surface area contributed by atoms with Crippen LogP contribution in [0.4, 0.5) is 10.1 Å². The lowest BCUT2D eigenvalue weighted by Gasteiger charge is -2.04. The smallest absolute Gasteiger partial charge is 0.150 e. The van der Waals surface area contributed by atoms with Crippen LogP contribution in [0.1, 0.15) is 5.56 Å². The van der Waals surface area contributed by atoms with Crippen molar-refractivity contribution in [1.82, 2.24) is 0 Å². The molecule has 1 heterocycles. The van der Waals surface area contributed by atoms with Gasteiger partial charge in [0, 0.05) is 5.56 Å². The number of benzene rings is 1. The number of hydrogen-bond acceptors (Lipinski definition) is 3. The maximum Gasteiger partial charge on any atom is 0.150 e. The Labute approximate surface area is 99.4 Å². The predicted octanol–water partition coefficient (Wildman–Crippen LogP) is 2.78. The minimum atomic E-state index is -1.20. The summed E-state index contributed by atoms with van der Waals surface area (Å²) in [6, 6.07) is 8.38. The van der Waals surface area contributed by atoms with Crippen molar-refractivity contribution in [2.45, 2.75) is 9.96 Å². The lowest BCUT2D eigenvalue weighted by Crippen LogP contribution is -2.00. The number of thiophene rings is 1. The van der Waals surface area contributed by atoms with Gasteiger partial charge in [-0.3, -0.25) is 4.21 Å². The third-order valence-corrected chi connectivity index (χ3v) is 4.78. The van der Waals surface area contributed by atoms with Crippen LogP contribution in [0.5, 0.6) is 0 Å². The molecule has 1 aromatic heterocycles. The van der Waals surface area contributed by atoms with Gasteiger partial charge in [-0.05, 0) is 17.5 Å². The second-order valence-corrected chi connectivity index (χ2v) is 5.87. The van der Waals surface area contributed by atoms with E-state index in [1.54, 1.807) is 18.2 Å². The molecule has 0 fully saturated rings. The highest BCUT2D eigenvalue weighted by atomic mass is 32.2. The van der Waals surface area contributed by atoms with Crippen molar-refractivity contribution in [2.75, 3.05) is 5.73 Å². The monoisotopic (exact) mass is 255 g/mol. The molecule has 0 saturated heterocycles. The second kappa shape index (κ2) is 4.76. The van der Waals surface area contributed by atoms with E-state index in [1.807, 2.05) is 11.4 Å².